The molecule has 0 bridgehead atoms. The second-order valence-corrected chi connectivity index (χ2v) is 4.48. The molecule has 1 heterocycles. The van der Waals surface area contributed by atoms with Crippen molar-refractivity contribution in [2.75, 3.05) is 6.61 Å². The first-order valence-corrected chi connectivity index (χ1v) is 6.57. The van der Waals surface area contributed by atoms with Crippen molar-refractivity contribution in [1.82, 2.24) is 4.57 Å². The molecule has 2 rings (SSSR count). The van der Waals surface area contributed by atoms with Crippen LogP contribution in [0.25, 0.3) is 10.9 Å². The Balaban J connectivity index is 2.89. The Labute approximate surface area is 119 Å². The number of ether oxygens (including phenoxy) is 1. The van der Waals surface area contributed by atoms with Crippen LogP contribution in [-0.2, 0) is 11.3 Å². The third-order valence-electron chi connectivity index (χ3n) is 2.96. The number of fused-ring (bicyclic) bond motifs is 1. The Morgan fingerprint density at radius 3 is 2.70 bits per heavy atom. The third-order valence-corrected chi connectivity index (χ3v) is 3.35. The molecule has 0 aliphatic heterocycles. The Kier molecular flexibility index (Phi) is 4.09. The number of rotatable bonds is 3. The number of nitrogens with zero attached hydrogens (tertiary/aromatic N) is 1. The van der Waals surface area contributed by atoms with Gasteiger partial charge in [-0.15, -0.1) is 0 Å². The summed E-state index contributed by atoms with van der Waals surface area (Å²) in [5.41, 5.74) is -0.391. The number of aromatic nitrogens is 1. The zero-order valence-electron chi connectivity index (χ0n) is 11.1. The van der Waals surface area contributed by atoms with Gasteiger partial charge < -0.3 is 9.30 Å². The minimum Gasteiger partial charge on any atom is -0.462 e. The fourth-order valence-corrected chi connectivity index (χ4v) is 2.46. The number of esters is 1. The van der Waals surface area contributed by atoms with Crippen molar-refractivity contribution >= 4 is 28.5 Å². The summed E-state index contributed by atoms with van der Waals surface area (Å²) in [7, 11) is 0. The number of carbonyl (C=O) groups is 1. The quantitative estimate of drug-likeness (QED) is 0.646. The summed E-state index contributed by atoms with van der Waals surface area (Å²) in [5, 5.41) is 0.120. The number of pyridine rings is 1. The van der Waals surface area contributed by atoms with Crippen molar-refractivity contribution in [2.45, 2.75) is 20.4 Å². The van der Waals surface area contributed by atoms with Crippen LogP contribution in [0.15, 0.2) is 23.0 Å². The third kappa shape index (κ3) is 2.29. The van der Waals surface area contributed by atoms with Crippen molar-refractivity contribution < 1.29 is 13.9 Å². The van der Waals surface area contributed by atoms with Crippen LogP contribution >= 0.6 is 11.6 Å². The van der Waals surface area contributed by atoms with Crippen LogP contribution in [-0.4, -0.2) is 17.1 Å². The van der Waals surface area contributed by atoms with Gasteiger partial charge in [0.05, 0.1) is 12.1 Å². The number of aryl methyl sites for hydroxylation is 1. The predicted octanol–water partition coefficient (Wildman–Crippen LogP) is 2.99. The van der Waals surface area contributed by atoms with Crippen LogP contribution in [0.4, 0.5) is 4.39 Å². The molecule has 106 valence electrons. The van der Waals surface area contributed by atoms with Crippen LogP contribution < -0.4 is 5.43 Å². The summed E-state index contributed by atoms with van der Waals surface area (Å²) >= 11 is 6.13. The summed E-state index contributed by atoms with van der Waals surface area (Å²) in [4.78, 5) is 24.2. The first-order chi connectivity index (χ1) is 9.51. The highest BCUT2D eigenvalue weighted by Crippen LogP contribution is 2.22. The van der Waals surface area contributed by atoms with E-state index in [1.807, 2.05) is 6.92 Å². The van der Waals surface area contributed by atoms with Crippen molar-refractivity contribution in [3.8, 4) is 0 Å². The lowest BCUT2D eigenvalue weighted by Crippen LogP contribution is -2.22. The molecular weight excluding hydrogens is 285 g/mol. The van der Waals surface area contributed by atoms with Gasteiger partial charge in [0.15, 0.2) is 0 Å². The smallest absolute Gasteiger partial charge is 0.345 e. The molecule has 0 N–H and O–H groups in total. The number of hydrogen-bond donors (Lipinski definition) is 0. The molecule has 20 heavy (non-hydrogen) atoms. The molecule has 0 unspecified atom stereocenters. The Morgan fingerprint density at radius 1 is 1.40 bits per heavy atom. The van der Waals surface area contributed by atoms with Gasteiger partial charge in [-0.25, -0.2) is 9.18 Å². The van der Waals surface area contributed by atoms with Gasteiger partial charge in [0.25, 0.3) is 0 Å². The zero-order valence-corrected chi connectivity index (χ0v) is 11.8. The zero-order chi connectivity index (χ0) is 14.9. The minimum absolute atomic E-state index is 0.00931. The summed E-state index contributed by atoms with van der Waals surface area (Å²) in [5.74, 6) is -1.34. The van der Waals surface area contributed by atoms with E-state index in [-0.39, 0.29) is 22.7 Å². The van der Waals surface area contributed by atoms with Gasteiger partial charge in [-0.1, -0.05) is 11.6 Å². The van der Waals surface area contributed by atoms with Gasteiger partial charge in [-0.2, -0.15) is 0 Å². The van der Waals surface area contributed by atoms with Crippen LogP contribution in [0.3, 0.4) is 0 Å². The first kappa shape index (κ1) is 14.5. The predicted molar refractivity (Wildman–Crippen MR) is 74.8 cm³/mol. The highest BCUT2D eigenvalue weighted by Gasteiger charge is 2.22. The molecule has 6 heteroatoms. The largest absolute Gasteiger partial charge is 0.462 e. The van der Waals surface area contributed by atoms with Crippen molar-refractivity contribution in [2.24, 2.45) is 0 Å². The normalized spacial score (nSPS) is 10.8. The molecule has 1 aromatic heterocycles. The van der Waals surface area contributed by atoms with Crippen molar-refractivity contribution in [1.29, 1.82) is 0 Å². The van der Waals surface area contributed by atoms with Gasteiger partial charge in [0.1, 0.15) is 16.5 Å². The Bertz CT molecular complexity index is 739. The van der Waals surface area contributed by atoms with Gasteiger partial charge in [0, 0.05) is 11.9 Å². The lowest BCUT2D eigenvalue weighted by molar-refractivity contribution is 0.0524. The average molecular weight is 298 g/mol. The number of halogens is 2. The van der Waals surface area contributed by atoms with E-state index in [4.69, 9.17) is 16.3 Å². The molecule has 0 aliphatic rings. The van der Waals surface area contributed by atoms with Crippen molar-refractivity contribution in [3.05, 3.63) is 45.0 Å². The number of hydrogen-bond acceptors (Lipinski definition) is 3. The molecule has 2 aromatic rings. The monoisotopic (exact) mass is 297 g/mol. The van der Waals surface area contributed by atoms with Crippen LogP contribution in [0.5, 0.6) is 0 Å². The van der Waals surface area contributed by atoms with E-state index in [0.717, 1.165) is 6.07 Å². The number of carbonyl (C=O) groups excluding carboxylic acids is 1. The maximum absolute atomic E-state index is 13.3. The fourth-order valence-electron chi connectivity index (χ4n) is 2.08. The topological polar surface area (TPSA) is 48.3 Å². The molecule has 0 saturated carbocycles. The molecule has 0 aliphatic carbocycles. The van der Waals surface area contributed by atoms with Crippen LogP contribution in [0.2, 0.25) is 5.15 Å². The summed E-state index contributed by atoms with van der Waals surface area (Å²) in [6.07, 6.45) is 0. The van der Waals surface area contributed by atoms with E-state index in [1.165, 1.54) is 12.1 Å². The second-order valence-electron chi connectivity index (χ2n) is 4.12. The SMILES string of the molecule is CCOC(=O)c1c(Cl)n(CC)c2ccc(F)cc2c1=O. The van der Waals surface area contributed by atoms with Gasteiger partial charge >= 0.3 is 5.97 Å². The van der Waals surface area contributed by atoms with Gasteiger partial charge in [-0.05, 0) is 32.0 Å². The summed E-state index contributed by atoms with van der Waals surface area (Å²) in [6, 6.07) is 3.81. The maximum atomic E-state index is 13.3. The molecule has 1 aromatic carbocycles. The first-order valence-electron chi connectivity index (χ1n) is 6.19. The molecule has 0 fully saturated rings. The Morgan fingerprint density at radius 2 is 2.10 bits per heavy atom. The molecule has 0 amide bonds. The lowest BCUT2D eigenvalue weighted by atomic mass is 10.1. The summed E-state index contributed by atoms with van der Waals surface area (Å²) < 4.78 is 19.7. The van der Waals surface area contributed by atoms with E-state index >= 15 is 0 Å². The molecular formula is C14H13ClFNO3. The Hall–Kier alpha value is -1.88. The van der Waals surface area contributed by atoms with Crippen LogP contribution in [0, 0.1) is 5.82 Å². The van der Waals surface area contributed by atoms with Gasteiger partial charge in [-0.3, -0.25) is 4.79 Å². The molecule has 4 nitrogen and oxygen atoms in total. The number of benzene rings is 1. The van der Waals surface area contributed by atoms with E-state index < -0.39 is 17.2 Å². The minimum atomic E-state index is -0.795. The average Bonchev–Trinajstić information content (AvgIpc) is 2.40. The molecule has 0 atom stereocenters. The summed E-state index contributed by atoms with van der Waals surface area (Å²) in [6.45, 7) is 4.01. The van der Waals surface area contributed by atoms with Crippen LogP contribution in [0.1, 0.15) is 24.2 Å². The maximum Gasteiger partial charge on any atom is 0.345 e. The standard InChI is InChI=1S/C14H13ClFNO3/c1-3-17-10-6-5-8(16)7-9(10)12(18)11(13(17)15)14(19)20-4-2/h5-7H,3-4H2,1-2H3. The molecule has 0 spiro atoms. The van der Waals surface area contributed by atoms with E-state index in [1.54, 1.807) is 11.5 Å². The lowest BCUT2D eigenvalue weighted by Gasteiger charge is -2.14. The van der Waals surface area contributed by atoms with Crippen molar-refractivity contribution in [3.63, 3.8) is 0 Å². The highest BCUT2D eigenvalue weighted by atomic mass is 35.5. The fraction of sp³-hybridized carbons (Fsp3) is 0.286. The van der Waals surface area contributed by atoms with E-state index in [9.17, 15) is 14.0 Å². The van der Waals surface area contributed by atoms with E-state index in [2.05, 4.69) is 0 Å². The van der Waals surface area contributed by atoms with E-state index in [0.29, 0.717) is 12.1 Å². The second kappa shape index (κ2) is 5.63. The van der Waals surface area contributed by atoms with Gasteiger partial charge in [0.2, 0.25) is 5.43 Å². The highest BCUT2D eigenvalue weighted by molar-refractivity contribution is 6.33. The molecule has 0 saturated heterocycles. The molecule has 0 radical (unpaired) electrons.